The zero-order valence-electron chi connectivity index (χ0n) is 13.5. The van der Waals surface area contributed by atoms with Crippen LogP contribution in [0.1, 0.15) is 11.1 Å². The highest BCUT2D eigenvalue weighted by molar-refractivity contribution is 6.32. The fraction of sp³-hybridized carbons (Fsp3) is 0.250. The van der Waals surface area contributed by atoms with Crippen LogP contribution in [0, 0.1) is 34.1 Å². The van der Waals surface area contributed by atoms with Gasteiger partial charge in [0.25, 0.3) is 0 Å². The first kappa shape index (κ1) is 18.5. The number of benzene rings is 2. The largest absolute Gasteiger partial charge is 0.483 e. The third kappa shape index (κ3) is 4.16. The number of nitro groups is 2. The maximum Gasteiger partial charge on any atom is 0.315 e. The van der Waals surface area contributed by atoms with Gasteiger partial charge in [0, 0.05) is 11.6 Å². The molecule has 0 atom stereocenters. The van der Waals surface area contributed by atoms with Crippen LogP contribution in [0.4, 0.5) is 11.4 Å². The summed E-state index contributed by atoms with van der Waals surface area (Å²) in [5.41, 5.74) is 0.605. The van der Waals surface area contributed by atoms with Crippen molar-refractivity contribution < 1.29 is 19.3 Å². The molecule has 0 radical (unpaired) electrons. The van der Waals surface area contributed by atoms with E-state index < -0.39 is 9.85 Å². The number of para-hydroxylation sites is 2. The summed E-state index contributed by atoms with van der Waals surface area (Å²) in [5.74, 6) is 0.185. The molecule has 0 saturated heterocycles. The van der Waals surface area contributed by atoms with Gasteiger partial charge in [0.1, 0.15) is 13.2 Å². The summed E-state index contributed by atoms with van der Waals surface area (Å²) >= 11 is 6.04. The number of aryl methyl sites for hydroxylation is 1. The lowest BCUT2D eigenvalue weighted by Gasteiger charge is -2.12. The summed E-state index contributed by atoms with van der Waals surface area (Å²) in [4.78, 5) is 21.0. The van der Waals surface area contributed by atoms with Crippen molar-refractivity contribution in [1.82, 2.24) is 0 Å². The van der Waals surface area contributed by atoms with Crippen molar-refractivity contribution in [1.29, 1.82) is 0 Å². The molecule has 0 fully saturated rings. The number of hydrogen-bond donors (Lipinski definition) is 0. The molecule has 2 aromatic rings. The van der Waals surface area contributed by atoms with Gasteiger partial charge in [-0.3, -0.25) is 20.2 Å². The molecule has 0 heterocycles. The summed E-state index contributed by atoms with van der Waals surface area (Å²) in [6, 6.07) is 7.42. The molecule has 2 rings (SSSR count). The Morgan fingerprint density at radius 1 is 1.00 bits per heavy atom. The maximum absolute atomic E-state index is 11.2. The van der Waals surface area contributed by atoms with Crippen molar-refractivity contribution in [3.63, 3.8) is 0 Å². The van der Waals surface area contributed by atoms with Crippen molar-refractivity contribution in [2.45, 2.75) is 13.8 Å². The standard InChI is InChI=1S/C16H15ClN2O6/c1-10-9-14(16(19(22)23)11(2)15(10)17)25-8-7-24-13-6-4-3-5-12(13)18(20)21/h3-6,9H,7-8H2,1-2H3. The molecule has 0 amide bonds. The predicted molar refractivity (Wildman–Crippen MR) is 91.7 cm³/mol. The Kier molecular flexibility index (Phi) is 5.76. The second kappa shape index (κ2) is 7.80. The first-order valence-corrected chi connectivity index (χ1v) is 7.63. The predicted octanol–water partition coefficient (Wildman–Crippen LogP) is 4.23. The molecule has 0 N–H and O–H groups in total. The molecule has 8 nitrogen and oxygen atoms in total. The van der Waals surface area contributed by atoms with E-state index in [1.807, 2.05) is 0 Å². The molecule has 132 valence electrons. The highest BCUT2D eigenvalue weighted by Gasteiger charge is 2.23. The van der Waals surface area contributed by atoms with E-state index in [1.54, 1.807) is 19.9 Å². The fourth-order valence-electron chi connectivity index (χ4n) is 2.28. The van der Waals surface area contributed by atoms with Crippen molar-refractivity contribution >= 4 is 23.0 Å². The topological polar surface area (TPSA) is 105 Å². The highest BCUT2D eigenvalue weighted by Crippen LogP contribution is 2.37. The molecule has 0 saturated carbocycles. The molecule has 2 aromatic carbocycles. The lowest BCUT2D eigenvalue weighted by Crippen LogP contribution is -2.11. The van der Waals surface area contributed by atoms with E-state index in [0.29, 0.717) is 16.1 Å². The number of halogens is 1. The van der Waals surface area contributed by atoms with Gasteiger partial charge >= 0.3 is 11.4 Å². The summed E-state index contributed by atoms with van der Waals surface area (Å²) in [7, 11) is 0. The zero-order chi connectivity index (χ0) is 18.6. The lowest BCUT2D eigenvalue weighted by atomic mass is 10.1. The average molecular weight is 367 g/mol. The number of ether oxygens (including phenoxy) is 2. The first-order chi connectivity index (χ1) is 11.8. The van der Waals surface area contributed by atoms with Crippen molar-refractivity contribution in [3.05, 3.63) is 66.7 Å². The maximum atomic E-state index is 11.2. The van der Waals surface area contributed by atoms with Gasteiger partial charge < -0.3 is 9.47 Å². The molecular weight excluding hydrogens is 352 g/mol. The van der Waals surface area contributed by atoms with E-state index in [1.165, 1.54) is 24.3 Å². The highest BCUT2D eigenvalue weighted by atomic mass is 35.5. The third-order valence-electron chi connectivity index (χ3n) is 3.45. The third-order valence-corrected chi connectivity index (χ3v) is 4.04. The van der Waals surface area contributed by atoms with Gasteiger partial charge in [0.05, 0.1) is 14.9 Å². The van der Waals surface area contributed by atoms with Crippen LogP contribution in [0.5, 0.6) is 11.5 Å². The summed E-state index contributed by atoms with van der Waals surface area (Å²) in [5, 5.41) is 22.5. The van der Waals surface area contributed by atoms with Gasteiger partial charge in [-0.1, -0.05) is 23.7 Å². The first-order valence-electron chi connectivity index (χ1n) is 7.26. The lowest BCUT2D eigenvalue weighted by molar-refractivity contribution is -0.386. The van der Waals surface area contributed by atoms with Crippen LogP contribution in [0.25, 0.3) is 0 Å². The minimum absolute atomic E-state index is 0.0112. The van der Waals surface area contributed by atoms with Gasteiger partial charge in [-0.15, -0.1) is 0 Å². The quantitative estimate of drug-likeness (QED) is 0.412. The Bertz CT molecular complexity index is 825. The summed E-state index contributed by atoms with van der Waals surface area (Å²) < 4.78 is 10.8. The molecule has 0 aliphatic carbocycles. The van der Waals surface area contributed by atoms with Gasteiger partial charge in [-0.25, -0.2) is 0 Å². The van der Waals surface area contributed by atoms with E-state index >= 15 is 0 Å². The van der Waals surface area contributed by atoms with Gasteiger partial charge in [-0.2, -0.15) is 0 Å². The molecule has 0 unspecified atom stereocenters. The Labute approximate surface area is 148 Å². The minimum atomic E-state index is -0.557. The van der Waals surface area contributed by atoms with Crippen LogP contribution in [0.3, 0.4) is 0 Å². The van der Waals surface area contributed by atoms with Crippen LogP contribution < -0.4 is 9.47 Å². The minimum Gasteiger partial charge on any atom is -0.483 e. The average Bonchev–Trinajstić information content (AvgIpc) is 2.56. The van der Waals surface area contributed by atoms with E-state index in [0.717, 1.165) is 0 Å². The second-order valence-electron chi connectivity index (χ2n) is 5.16. The van der Waals surface area contributed by atoms with Crippen molar-refractivity contribution in [3.8, 4) is 11.5 Å². The molecule has 0 aromatic heterocycles. The monoisotopic (exact) mass is 366 g/mol. The molecule has 0 aliphatic heterocycles. The van der Waals surface area contributed by atoms with Crippen LogP contribution in [-0.2, 0) is 0 Å². The number of nitrogens with zero attached hydrogens (tertiary/aromatic N) is 2. The van der Waals surface area contributed by atoms with Gasteiger partial charge in [0.15, 0.2) is 11.5 Å². The molecule has 0 bridgehead atoms. The van der Waals surface area contributed by atoms with E-state index in [2.05, 4.69) is 0 Å². The Hall–Kier alpha value is -2.87. The van der Waals surface area contributed by atoms with Crippen LogP contribution in [0.15, 0.2) is 30.3 Å². The van der Waals surface area contributed by atoms with E-state index in [4.69, 9.17) is 21.1 Å². The van der Waals surface area contributed by atoms with Crippen LogP contribution in [0.2, 0.25) is 5.02 Å². The Morgan fingerprint density at radius 3 is 2.20 bits per heavy atom. The fourth-order valence-corrected chi connectivity index (χ4v) is 2.43. The number of hydrogen-bond acceptors (Lipinski definition) is 6. The zero-order valence-corrected chi connectivity index (χ0v) is 14.3. The van der Waals surface area contributed by atoms with E-state index in [9.17, 15) is 20.2 Å². The number of rotatable bonds is 7. The smallest absolute Gasteiger partial charge is 0.315 e. The van der Waals surface area contributed by atoms with Crippen LogP contribution in [-0.4, -0.2) is 23.1 Å². The number of nitro benzene ring substituents is 2. The molecule has 0 aliphatic rings. The van der Waals surface area contributed by atoms with Crippen molar-refractivity contribution in [2.24, 2.45) is 0 Å². The molecule has 25 heavy (non-hydrogen) atoms. The Balaban J connectivity index is 2.08. The van der Waals surface area contributed by atoms with Gasteiger partial charge in [0.2, 0.25) is 0 Å². The normalized spacial score (nSPS) is 10.4. The SMILES string of the molecule is Cc1cc(OCCOc2ccccc2[N+](=O)[O-])c([N+](=O)[O-])c(C)c1Cl. The molecule has 9 heteroatoms. The van der Waals surface area contributed by atoms with Crippen molar-refractivity contribution in [2.75, 3.05) is 13.2 Å². The Morgan fingerprint density at radius 2 is 1.60 bits per heavy atom. The van der Waals surface area contributed by atoms with E-state index in [-0.39, 0.29) is 36.1 Å². The summed E-state index contributed by atoms with van der Waals surface area (Å²) in [6.07, 6.45) is 0. The van der Waals surface area contributed by atoms with Crippen LogP contribution >= 0.6 is 11.6 Å². The molecular formula is C16H15ClN2O6. The second-order valence-corrected chi connectivity index (χ2v) is 5.54. The molecule has 0 spiro atoms. The summed E-state index contributed by atoms with van der Waals surface area (Å²) in [6.45, 7) is 3.23. The van der Waals surface area contributed by atoms with Gasteiger partial charge in [-0.05, 0) is 31.5 Å².